The van der Waals surface area contributed by atoms with E-state index in [1.54, 1.807) is 0 Å². The van der Waals surface area contributed by atoms with Crippen LogP contribution in [0.1, 0.15) is 26.7 Å². The summed E-state index contributed by atoms with van der Waals surface area (Å²) in [6.07, 6.45) is 1.47. The maximum atomic E-state index is 12.3. The lowest BCUT2D eigenvalue weighted by atomic mass is 9.99. The molecule has 1 saturated heterocycles. The molecule has 0 aromatic rings. The highest BCUT2D eigenvalue weighted by molar-refractivity contribution is 7.86. The van der Waals surface area contributed by atoms with Gasteiger partial charge in [0, 0.05) is 32.1 Å². The molecule has 18 heavy (non-hydrogen) atoms. The molecule has 1 fully saturated rings. The van der Waals surface area contributed by atoms with Crippen LogP contribution in [0.5, 0.6) is 0 Å². The van der Waals surface area contributed by atoms with Crippen LogP contribution in [-0.2, 0) is 10.2 Å². The van der Waals surface area contributed by atoms with Gasteiger partial charge >= 0.3 is 0 Å². The smallest absolute Gasteiger partial charge is 0.281 e. The van der Waals surface area contributed by atoms with Crippen molar-refractivity contribution in [3.8, 4) is 0 Å². The summed E-state index contributed by atoms with van der Waals surface area (Å²) in [7, 11) is -3.42. The minimum absolute atomic E-state index is 0.106. The van der Waals surface area contributed by atoms with E-state index in [1.165, 1.54) is 8.61 Å². The van der Waals surface area contributed by atoms with Gasteiger partial charge in [0.15, 0.2) is 0 Å². The molecule has 1 unspecified atom stereocenters. The molecule has 3 N–H and O–H groups in total. The predicted octanol–water partition coefficient (Wildman–Crippen LogP) is 0.0314. The van der Waals surface area contributed by atoms with E-state index in [2.05, 4.69) is 5.16 Å². The first-order chi connectivity index (χ1) is 8.47. The van der Waals surface area contributed by atoms with Crippen molar-refractivity contribution in [2.45, 2.75) is 26.7 Å². The van der Waals surface area contributed by atoms with Gasteiger partial charge in [-0.05, 0) is 12.8 Å². The number of hydrogen-bond donors (Lipinski definition) is 2. The fourth-order valence-electron chi connectivity index (χ4n) is 2.19. The van der Waals surface area contributed by atoms with Gasteiger partial charge in [-0.1, -0.05) is 19.0 Å². The van der Waals surface area contributed by atoms with E-state index in [4.69, 9.17) is 10.9 Å². The summed E-state index contributed by atoms with van der Waals surface area (Å²) < 4.78 is 27.5. The Morgan fingerprint density at radius 2 is 2.11 bits per heavy atom. The molecule has 106 valence electrons. The second-order valence-electron chi connectivity index (χ2n) is 4.31. The largest absolute Gasteiger partial charge is 0.409 e. The molecule has 1 aliphatic rings. The lowest BCUT2D eigenvalue weighted by Crippen LogP contribution is -2.49. The molecule has 1 heterocycles. The van der Waals surface area contributed by atoms with E-state index in [1.807, 2.05) is 13.8 Å². The summed E-state index contributed by atoms with van der Waals surface area (Å²) in [5.74, 6) is -0.0939. The number of nitrogens with two attached hydrogens (primary N) is 1. The fourth-order valence-corrected chi connectivity index (χ4v) is 3.90. The van der Waals surface area contributed by atoms with Crippen molar-refractivity contribution in [2.24, 2.45) is 16.8 Å². The number of amidine groups is 1. The SMILES string of the molecule is CCN(CC)S(=O)(=O)N1CCCC(C(N)=NO)C1. The molecule has 1 aliphatic heterocycles. The molecule has 0 radical (unpaired) electrons. The van der Waals surface area contributed by atoms with Gasteiger partial charge in [0.25, 0.3) is 10.2 Å². The Morgan fingerprint density at radius 3 is 2.61 bits per heavy atom. The standard InChI is InChI=1S/C10H22N4O3S/c1-3-13(4-2)18(16,17)14-7-5-6-9(8-14)10(11)12-15/h9,15H,3-8H2,1-2H3,(H2,11,12). The summed E-state index contributed by atoms with van der Waals surface area (Å²) in [6, 6.07) is 0. The van der Waals surface area contributed by atoms with Crippen molar-refractivity contribution in [1.29, 1.82) is 0 Å². The Balaban J connectivity index is 2.83. The molecule has 0 spiro atoms. The van der Waals surface area contributed by atoms with Crippen LogP contribution in [0, 0.1) is 5.92 Å². The zero-order valence-corrected chi connectivity index (χ0v) is 11.7. The molecule has 0 amide bonds. The minimum atomic E-state index is -3.42. The molecule has 0 aliphatic carbocycles. The molecule has 8 heteroatoms. The molecule has 0 saturated carbocycles. The second-order valence-corrected chi connectivity index (χ2v) is 6.24. The number of oxime groups is 1. The topological polar surface area (TPSA) is 99.2 Å². The van der Waals surface area contributed by atoms with Crippen LogP contribution < -0.4 is 5.73 Å². The van der Waals surface area contributed by atoms with Crippen LogP contribution >= 0.6 is 0 Å². The third-order valence-electron chi connectivity index (χ3n) is 3.28. The van der Waals surface area contributed by atoms with Crippen LogP contribution in [0.25, 0.3) is 0 Å². The highest BCUT2D eigenvalue weighted by Gasteiger charge is 2.33. The molecular weight excluding hydrogens is 256 g/mol. The van der Waals surface area contributed by atoms with Crippen LogP contribution in [0.15, 0.2) is 5.16 Å². The lowest BCUT2D eigenvalue weighted by Gasteiger charge is -2.34. The zero-order chi connectivity index (χ0) is 13.8. The monoisotopic (exact) mass is 278 g/mol. The molecular formula is C10H22N4O3S. The van der Waals surface area contributed by atoms with E-state index in [9.17, 15) is 8.42 Å². The summed E-state index contributed by atoms with van der Waals surface area (Å²) in [6.45, 7) is 5.30. The number of hydrogen-bond acceptors (Lipinski definition) is 4. The summed E-state index contributed by atoms with van der Waals surface area (Å²) in [5.41, 5.74) is 5.56. The normalized spacial score (nSPS) is 23.5. The van der Waals surface area contributed by atoms with Crippen LogP contribution in [0.2, 0.25) is 0 Å². The van der Waals surface area contributed by atoms with E-state index < -0.39 is 10.2 Å². The van der Waals surface area contributed by atoms with E-state index in [0.29, 0.717) is 19.6 Å². The summed E-state index contributed by atoms with van der Waals surface area (Å²) in [5, 5.41) is 11.6. The highest BCUT2D eigenvalue weighted by Crippen LogP contribution is 2.21. The van der Waals surface area contributed by atoms with E-state index in [0.717, 1.165) is 12.8 Å². The average molecular weight is 278 g/mol. The van der Waals surface area contributed by atoms with Crippen molar-refractivity contribution < 1.29 is 13.6 Å². The van der Waals surface area contributed by atoms with Crippen molar-refractivity contribution in [2.75, 3.05) is 26.2 Å². The second kappa shape index (κ2) is 6.35. The van der Waals surface area contributed by atoms with E-state index >= 15 is 0 Å². The Kier molecular flexibility index (Phi) is 5.36. The fraction of sp³-hybridized carbons (Fsp3) is 0.900. The van der Waals surface area contributed by atoms with Gasteiger partial charge in [-0.25, -0.2) is 0 Å². The zero-order valence-electron chi connectivity index (χ0n) is 10.9. The maximum Gasteiger partial charge on any atom is 0.281 e. The maximum absolute atomic E-state index is 12.3. The Bertz CT molecular complexity index is 392. The third kappa shape index (κ3) is 3.12. The molecule has 1 rings (SSSR count). The summed E-state index contributed by atoms with van der Waals surface area (Å²) in [4.78, 5) is 0. The third-order valence-corrected chi connectivity index (χ3v) is 5.43. The van der Waals surface area contributed by atoms with Gasteiger partial charge < -0.3 is 10.9 Å². The minimum Gasteiger partial charge on any atom is -0.409 e. The Hall–Kier alpha value is -0.860. The highest BCUT2D eigenvalue weighted by atomic mass is 32.2. The first-order valence-corrected chi connectivity index (χ1v) is 7.59. The van der Waals surface area contributed by atoms with Crippen LogP contribution in [-0.4, -0.2) is 54.3 Å². The molecule has 1 atom stereocenters. The van der Waals surface area contributed by atoms with Gasteiger partial charge in [0.2, 0.25) is 0 Å². The van der Waals surface area contributed by atoms with Crippen LogP contribution in [0.4, 0.5) is 0 Å². The van der Waals surface area contributed by atoms with Crippen molar-refractivity contribution in [1.82, 2.24) is 8.61 Å². The molecule has 0 aromatic heterocycles. The number of nitrogens with zero attached hydrogens (tertiary/aromatic N) is 3. The van der Waals surface area contributed by atoms with Crippen LogP contribution in [0.3, 0.4) is 0 Å². The Morgan fingerprint density at radius 1 is 1.50 bits per heavy atom. The van der Waals surface area contributed by atoms with Crippen molar-refractivity contribution >= 4 is 16.0 Å². The van der Waals surface area contributed by atoms with Gasteiger partial charge in [0.1, 0.15) is 5.84 Å². The lowest BCUT2D eigenvalue weighted by molar-refractivity contribution is 0.272. The van der Waals surface area contributed by atoms with Gasteiger partial charge in [0.05, 0.1) is 0 Å². The average Bonchev–Trinajstić information content (AvgIpc) is 2.39. The van der Waals surface area contributed by atoms with Gasteiger partial charge in [-0.15, -0.1) is 0 Å². The molecule has 0 bridgehead atoms. The molecule has 0 aromatic carbocycles. The summed E-state index contributed by atoms with van der Waals surface area (Å²) >= 11 is 0. The number of piperidine rings is 1. The first kappa shape index (κ1) is 15.2. The van der Waals surface area contributed by atoms with E-state index in [-0.39, 0.29) is 18.3 Å². The predicted molar refractivity (Wildman–Crippen MR) is 69.5 cm³/mol. The van der Waals surface area contributed by atoms with Gasteiger partial charge in [-0.2, -0.15) is 17.0 Å². The first-order valence-electron chi connectivity index (χ1n) is 6.20. The van der Waals surface area contributed by atoms with Crippen molar-refractivity contribution in [3.05, 3.63) is 0 Å². The molecule has 7 nitrogen and oxygen atoms in total. The number of rotatable bonds is 5. The Labute approximate surface area is 108 Å². The van der Waals surface area contributed by atoms with Gasteiger partial charge in [-0.3, -0.25) is 0 Å². The quantitative estimate of drug-likeness (QED) is 0.321. The van der Waals surface area contributed by atoms with Crippen molar-refractivity contribution in [3.63, 3.8) is 0 Å².